The molecule has 1 aliphatic carbocycles. The van der Waals surface area contributed by atoms with Gasteiger partial charge >= 0.3 is 0 Å². The molecule has 0 saturated heterocycles. The molecule has 0 amide bonds. The molecule has 0 radical (unpaired) electrons. The summed E-state index contributed by atoms with van der Waals surface area (Å²) in [5.41, 5.74) is 2.47. The van der Waals surface area contributed by atoms with Gasteiger partial charge in [0.1, 0.15) is 0 Å². The molecule has 1 fully saturated rings. The predicted octanol–water partition coefficient (Wildman–Crippen LogP) is 2.84. The Balaban J connectivity index is 1.48. The minimum absolute atomic E-state index is 0.379. The Morgan fingerprint density at radius 2 is 1.95 bits per heavy atom. The Kier molecular flexibility index (Phi) is 4.68. The van der Waals surface area contributed by atoms with Crippen molar-refractivity contribution in [3.8, 4) is 0 Å². The minimum Gasteiger partial charge on any atom is -0.382 e. The Bertz CT molecular complexity index is 547. The zero-order chi connectivity index (χ0) is 14.5. The van der Waals surface area contributed by atoms with Crippen molar-refractivity contribution in [2.45, 2.75) is 31.4 Å². The second-order valence-electron chi connectivity index (χ2n) is 5.58. The van der Waals surface area contributed by atoms with E-state index in [0.717, 1.165) is 19.4 Å². The van der Waals surface area contributed by atoms with Crippen LogP contribution in [0.5, 0.6) is 0 Å². The molecule has 21 heavy (non-hydrogen) atoms. The van der Waals surface area contributed by atoms with E-state index < -0.39 is 0 Å². The maximum absolute atomic E-state index is 5.71. The largest absolute Gasteiger partial charge is 0.382 e. The van der Waals surface area contributed by atoms with E-state index >= 15 is 0 Å². The van der Waals surface area contributed by atoms with Crippen LogP contribution in [-0.2, 0) is 16.0 Å². The van der Waals surface area contributed by atoms with Crippen LogP contribution in [0.1, 0.15) is 30.0 Å². The van der Waals surface area contributed by atoms with E-state index in [-0.39, 0.29) is 0 Å². The third kappa shape index (κ3) is 3.71. The molecular weight excluding hydrogens is 264 g/mol. The van der Waals surface area contributed by atoms with Crippen molar-refractivity contribution in [1.82, 2.24) is 9.78 Å². The number of ether oxygens (including phenoxy) is 2. The Morgan fingerprint density at radius 3 is 2.71 bits per heavy atom. The first kappa shape index (κ1) is 14.3. The van der Waals surface area contributed by atoms with Crippen molar-refractivity contribution in [3.63, 3.8) is 0 Å². The van der Waals surface area contributed by atoms with Gasteiger partial charge in [0, 0.05) is 19.2 Å². The quantitative estimate of drug-likeness (QED) is 0.734. The van der Waals surface area contributed by atoms with Crippen LogP contribution in [0.4, 0.5) is 0 Å². The molecule has 2 aromatic rings. The summed E-state index contributed by atoms with van der Waals surface area (Å²) < 4.78 is 12.7. The van der Waals surface area contributed by atoms with Gasteiger partial charge in [-0.25, -0.2) is 0 Å². The van der Waals surface area contributed by atoms with Gasteiger partial charge in [0.2, 0.25) is 0 Å². The molecule has 1 aliphatic rings. The molecule has 4 heteroatoms. The van der Waals surface area contributed by atoms with E-state index in [1.54, 1.807) is 7.11 Å². The maximum atomic E-state index is 5.71. The monoisotopic (exact) mass is 286 g/mol. The number of hydrogen-bond acceptors (Lipinski definition) is 3. The van der Waals surface area contributed by atoms with Crippen molar-refractivity contribution in [1.29, 1.82) is 0 Å². The highest BCUT2D eigenvalue weighted by Crippen LogP contribution is 2.37. The predicted molar refractivity (Wildman–Crippen MR) is 81.4 cm³/mol. The maximum Gasteiger partial charge on any atom is 0.0704 e. The number of hydrogen-bond donors (Lipinski definition) is 0. The summed E-state index contributed by atoms with van der Waals surface area (Å²) in [5.74, 6) is 0.551. The van der Waals surface area contributed by atoms with Crippen molar-refractivity contribution in [2.75, 3.05) is 20.3 Å². The third-order valence-electron chi connectivity index (χ3n) is 4.00. The lowest BCUT2D eigenvalue weighted by atomic mass is 9.80. The highest BCUT2D eigenvalue weighted by atomic mass is 16.5. The molecule has 0 bridgehead atoms. The van der Waals surface area contributed by atoms with Crippen molar-refractivity contribution in [2.24, 2.45) is 0 Å². The zero-order valence-electron chi connectivity index (χ0n) is 12.4. The van der Waals surface area contributed by atoms with Crippen LogP contribution in [0.3, 0.4) is 0 Å². The zero-order valence-corrected chi connectivity index (χ0v) is 12.4. The molecule has 1 aromatic heterocycles. The molecular formula is C17H22N2O2. The summed E-state index contributed by atoms with van der Waals surface area (Å²) in [6.07, 6.45) is 4.60. The lowest BCUT2D eigenvalue weighted by molar-refractivity contribution is -0.0315. The average molecular weight is 286 g/mol. The number of rotatable bonds is 7. The van der Waals surface area contributed by atoms with E-state index in [2.05, 4.69) is 36.5 Å². The average Bonchev–Trinajstić information content (AvgIpc) is 2.90. The fraction of sp³-hybridized carbons (Fsp3) is 0.471. The first-order valence-electron chi connectivity index (χ1n) is 7.53. The van der Waals surface area contributed by atoms with Crippen molar-refractivity contribution < 1.29 is 9.47 Å². The van der Waals surface area contributed by atoms with E-state index in [1.165, 1.54) is 11.3 Å². The van der Waals surface area contributed by atoms with Crippen LogP contribution in [0.25, 0.3) is 0 Å². The number of aromatic nitrogens is 2. The van der Waals surface area contributed by atoms with Crippen LogP contribution in [0.15, 0.2) is 42.6 Å². The number of benzene rings is 1. The topological polar surface area (TPSA) is 36.3 Å². The lowest BCUT2D eigenvalue weighted by Crippen LogP contribution is -2.31. The summed E-state index contributed by atoms with van der Waals surface area (Å²) in [4.78, 5) is 0. The first-order valence-corrected chi connectivity index (χ1v) is 7.53. The molecule has 0 N–H and O–H groups in total. The van der Waals surface area contributed by atoms with Gasteiger partial charge in [-0.1, -0.05) is 30.3 Å². The van der Waals surface area contributed by atoms with E-state index in [9.17, 15) is 0 Å². The van der Waals surface area contributed by atoms with Gasteiger partial charge in [-0.2, -0.15) is 5.10 Å². The molecule has 1 aromatic carbocycles. The van der Waals surface area contributed by atoms with Gasteiger partial charge in [0.15, 0.2) is 0 Å². The first-order chi connectivity index (χ1) is 10.3. The number of methoxy groups -OCH3 is 1. The van der Waals surface area contributed by atoms with Gasteiger partial charge in [-0.3, -0.25) is 4.68 Å². The lowest BCUT2D eigenvalue weighted by Gasteiger charge is -2.33. The molecule has 0 atom stereocenters. The molecule has 3 rings (SSSR count). The molecule has 112 valence electrons. The second-order valence-corrected chi connectivity index (χ2v) is 5.58. The van der Waals surface area contributed by atoms with Crippen LogP contribution < -0.4 is 0 Å². The van der Waals surface area contributed by atoms with Crippen molar-refractivity contribution in [3.05, 3.63) is 53.9 Å². The molecule has 0 aliphatic heterocycles. The van der Waals surface area contributed by atoms with Crippen molar-refractivity contribution >= 4 is 0 Å². The van der Waals surface area contributed by atoms with Gasteiger partial charge in [-0.05, 0) is 24.5 Å². The van der Waals surface area contributed by atoms with Crippen LogP contribution in [-0.4, -0.2) is 36.2 Å². The van der Waals surface area contributed by atoms with Crippen LogP contribution in [0.2, 0.25) is 0 Å². The fourth-order valence-corrected chi connectivity index (χ4v) is 2.69. The van der Waals surface area contributed by atoms with Crippen LogP contribution >= 0.6 is 0 Å². The minimum atomic E-state index is 0.379. The molecule has 1 heterocycles. The Hall–Kier alpha value is -1.65. The van der Waals surface area contributed by atoms with E-state index in [1.807, 2.05) is 10.7 Å². The smallest absolute Gasteiger partial charge is 0.0704 e. The molecule has 0 spiro atoms. The highest BCUT2D eigenvalue weighted by Gasteiger charge is 2.32. The number of nitrogens with zero attached hydrogens (tertiary/aromatic N) is 2. The summed E-state index contributed by atoms with van der Waals surface area (Å²) >= 11 is 0. The van der Waals surface area contributed by atoms with E-state index in [4.69, 9.17) is 14.6 Å². The van der Waals surface area contributed by atoms with Gasteiger partial charge in [0.05, 0.1) is 31.6 Å². The summed E-state index contributed by atoms with van der Waals surface area (Å²) in [6, 6.07) is 12.6. The highest BCUT2D eigenvalue weighted by molar-refractivity contribution is 5.16. The molecule has 4 nitrogen and oxygen atoms in total. The summed E-state index contributed by atoms with van der Waals surface area (Å²) in [7, 11) is 1.70. The van der Waals surface area contributed by atoms with Gasteiger partial charge in [0.25, 0.3) is 0 Å². The van der Waals surface area contributed by atoms with E-state index in [0.29, 0.717) is 25.2 Å². The Labute approximate surface area is 125 Å². The standard InChI is InChI=1S/C17H22N2O2/c1-20-9-10-21-16-11-15(12-16)17-7-8-19(18-17)13-14-5-3-2-4-6-14/h2-8,15-16H,9-13H2,1H3. The fourth-order valence-electron chi connectivity index (χ4n) is 2.69. The van der Waals surface area contributed by atoms with Gasteiger partial charge in [-0.15, -0.1) is 0 Å². The summed E-state index contributed by atoms with van der Waals surface area (Å²) in [6.45, 7) is 2.20. The molecule has 0 unspecified atom stereocenters. The summed E-state index contributed by atoms with van der Waals surface area (Å²) in [5, 5.41) is 4.69. The molecule has 1 saturated carbocycles. The second kappa shape index (κ2) is 6.87. The van der Waals surface area contributed by atoms with Crippen LogP contribution in [0, 0.1) is 0 Å². The van der Waals surface area contributed by atoms with Gasteiger partial charge < -0.3 is 9.47 Å². The SMILES string of the molecule is COCCOC1CC(c2ccn(Cc3ccccc3)n2)C1. The third-order valence-corrected chi connectivity index (χ3v) is 4.00. The Morgan fingerprint density at radius 1 is 1.14 bits per heavy atom. The normalized spacial score (nSPS) is 21.2.